The predicted molar refractivity (Wildman–Crippen MR) is 98.5 cm³/mol. The molecule has 1 N–H and O–H groups in total. The van der Waals surface area contributed by atoms with Crippen LogP contribution >= 0.6 is 23.8 Å². The molecule has 0 radical (unpaired) electrons. The number of hydrogen-bond donors (Lipinski definition) is 1. The molecule has 3 nitrogen and oxygen atoms in total. The van der Waals surface area contributed by atoms with Gasteiger partial charge in [0.2, 0.25) is 0 Å². The first-order valence-electron chi connectivity index (χ1n) is 7.30. The molecule has 1 fully saturated rings. The lowest BCUT2D eigenvalue weighted by atomic mass is 10.1. The topological polar surface area (TPSA) is 32.3 Å². The van der Waals surface area contributed by atoms with E-state index in [2.05, 4.69) is 12.2 Å². The van der Waals surface area contributed by atoms with Crippen LogP contribution in [0.15, 0.2) is 54.2 Å². The van der Waals surface area contributed by atoms with Crippen molar-refractivity contribution in [2.24, 2.45) is 0 Å². The van der Waals surface area contributed by atoms with Gasteiger partial charge < -0.3 is 5.32 Å². The summed E-state index contributed by atoms with van der Waals surface area (Å²) in [6.07, 6.45) is 2.61. The van der Waals surface area contributed by atoms with E-state index in [-0.39, 0.29) is 5.91 Å². The summed E-state index contributed by atoms with van der Waals surface area (Å²) in [4.78, 5) is 14.3. The van der Waals surface area contributed by atoms with E-state index in [1.54, 1.807) is 23.1 Å². The first-order chi connectivity index (χ1) is 11.1. The Bertz CT molecular complexity index is 799. The van der Waals surface area contributed by atoms with Crippen LogP contribution in [0, 0.1) is 0 Å². The molecule has 2 aromatic rings. The lowest BCUT2D eigenvalue weighted by Crippen LogP contribution is -2.31. The summed E-state index contributed by atoms with van der Waals surface area (Å²) in [5, 5.41) is 4.06. The van der Waals surface area contributed by atoms with E-state index in [0.717, 1.165) is 23.2 Å². The lowest BCUT2D eigenvalue weighted by molar-refractivity contribution is -0.113. The maximum atomic E-state index is 12.7. The van der Waals surface area contributed by atoms with Crippen LogP contribution in [0.5, 0.6) is 0 Å². The van der Waals surface area contributed by atoms with Gasteiger partial charge in [0.25, 0.3) is 5.91 Å². The van der Waals surface area contributed by atoms with Crippen LogP contribution < -0.4 is 10.2 Å². The summed E-state index contributed by atoms with van der Waals surface area (Å²) >= 11 is 11.2. The SMILES string of the molecule is CCc1ccccc1N1C(=O)/C(=C\c2ccc(Cl)cc2)NC1=S. The molecule has 0 bridgehead atoms. The molecule has 1 aliphatic heterocycles. The summed E-state index contributed by atoms with van der Waals surface area (Å²) in [6, 6.07) is 15.1. The lowest BCUT2D eigenvalue weighted by Gasteiger charge is -2.17. The van der Waals surface area contributed by atoms with E-state index in [9.17, 15) is 4.79 Å². The number of anilines is 1. The van der Waals surface area contributed by atoms with Gasteiger partial charge >= 0.3 is 0 Å². The molecule has 1 aliphatic rings. The van der Waals surface area contributed by atoms with Crippen LogP contribution in [-0.2, 0) is 11.2 Å². The molecular weight excluding hydrogens is 328 g/mol. The Labute approximate surface area is 145 Å². The predicted octanol–water partition coefficient (Wildman–Crippen LogP) is 4.16. The maximum absolute atomic E-state index is 12.7. The molecule has 1 saturated heterocycles. The second-order valence-electron chi connectivity index (χ2n) is 5.16. The highest BCUT2D eigenvalue weighted by atomic mass is 35.5. The Morgan fingerprint density at radius 2 is 1.87 bits per heavy atom. The number of amides is 1. The molecular formula is C18H15ClN2OS. The highest BCUT2D eigenvalue weighted by molar-refractivity contribution is 7.80. The van der Waals surface area contributed by atoms with Gasteiger partial charge in [-0.3, -0.25) is 9.69 Å². The van der Waals surface area contributed by atoms with Gasteiger partial charge in [0.1, 0.15) is 5.70 Å². The third kappa shape index (κ3) is 3.14. The summed E-state index contributed by atoms with van der Waals surface area (Å²) in [6.45, 7) is 2.06. The number of nitrogens with zero attached hydrogens (tertiary/aromatic N) is 1. The first-order valence-corrected chi connectivity index (χ1v) is 8.09. The van der Waals surface area contributed by atoms with E-state index in [0.29, 0.717) is 15.8 Å². The van der Waals surface area contributed by atoms with E-state index in [1.807, 2.05) is 36.4 Å². The zero-order valence-electron chi connectivity index (χ0n) is 12.5. The molecule has 0 aromatic heterocycles. The smallest absolute Gasteiger partial charge is 0.281 e. The van der Waals surface area contributed by atoms with Crippen molar-refractivity contribution in [1.29, 1.82) is 0 Å². The van der Waals surface area contributed by atoms with Gasteiger partial charge in [-0.1, -0.05) is 48.9 Å². The third-order valence-corrected chi connectivity index (χ3v) is 4.21. The van der Waals surface area contributed by atoms with Gasteiger partial charge in [-0.05, 0) is 54.0 Å². The number of aryl methyl sites for hydroxylation is 1. The average molecular weight is 343 g/mol. The Balaban J connectivity index is 1.95. The molecule has 2 aromatic carbocycles. The number of para-hydroxylation sites is 1. The number of thiocarbonyl (C=S) groups is 1. The number of benzene rings is 2. The Morgan fingerprint density at radius 1 is 1.17 bits per heavy atom. The van der Waals surface area contributed by atoms with Crippen LogP contribution in [0.1, 0.15) is 18.1 Å². The van der Waals surface area contributed by atoms with E-state index in [4.69, 9.17) is 23.8 Å². The molecule has 1 heterocycles. The number of carbonyl (C=O) groups excluding carboxylic acids is 1. The fourth-order valence-corrected chi connectivity index (χ4v) is 2.92. The zero-order chi connectivity index (χ0) is 16.4. The van der Waals surface area contributed by atoms with Gasteiger partial charge in [0, 0.05) is 5.02 Å². The maximum Gasteiger partial charge on any atom is 0.281 e. The molecule has 116 valence electrons. The average Bonchev–Trinajstić information content (AvgIpc) is 2.83. The normalized spacial score (nSPS) is 16.1. The number of hydrogen-bond acceptors (Lipinski definition) is 2. The molecule has 0 atom stereocenters. The summed E-state index contributed by atoms with van der Waals surface area (Å²) < 4.78 is 0. The van der Waals surface area contributed by atoms with Crippen LogP contribution in [0.4, 0.5) is 5.69 Å². The van der Waals surface area contributed by atoms with Crippen molar-refractivity contribution in [1.82, 2.24) is 5.32 Å². The van der Waals surface area contributed by atoms with Crippen molar-refractivity contribution >= 4 is 46.6 Å². The number of nitrogens with one attached hydrogen (secondary N) is 1. The van der Waals surface area contributed by atoms with Crippen molar-refractivity contribution in [3.8, 4) is 0 Å². The van der Waals surface area contributed by atoms with Crippen LogP contribution in [0.25, 0.3) is 6.08 Å². The fraction of sp³-hybridized carbons (Fsp3) is 0.111. The van der Waals surface area contributed by atoms with Gasteiger partial charge in [0.05, 0.1) is 5.69 Å². The molecule has 5 heteroatoms. The quantitative estimate of drug-likeness (QED) is 0.671. The van der Waals surface area contributed by atoms with Crippen molar-refractivity contribution < 1.29 is 4.79 Å². The van der Waals surface area contributed by atoms with Gasteiger partial charge in [-0.15, -0.1) is 0 Å². The number of rotatable bonds is 3. The second kappa shape index (κ2) is 6.52. The summed E-state index contributed by atoms with van der Waals surface area (Å²) in [5.74, 6) is -0.147. The van der Waals surface area contributed by atoms with Crippen LogP contribution in [0.2, 0.25) is 5.02 Å². The number of halogens is 1. The molecule has 1 amide bonds. The Kier molecular flexibility index (Phi) is 4.46. The molecule has 0 spiro atoms. The van der Waals surface area contributed by atoms with Crippen molar-refractivity contribution in [3.63, 3.8) is 0 Å². The zero-order valence-corrected chi connectivity index (χ0v) is 14.1. The Morgan fingerprint density at radius 3 is 2.57 bits per heavy atom. The third-order valence-electron chi connectivity index (χ3n) is 3.67. The van der Waals surface area contributed by atoms with Crippen molar-refractivity contribution in [2.45, 2.75) is 13.3 Å². The monoisotopic (exact) mass is 342 g/mol. The minimum atomic E-state index is -0.147. The van der Waals surface area contributed by atoms with Crippen LogP contribution in [-0.4, -0.2) is 11.0 Å². The Hall–Kier alpha value is -2.17. The van der Waals surface area contributed by atoms with E-state index < -0.39 is 0 Å². The fourth-order valence-electron chi connectivity index (χ4n) is 2.51. The molecule has 3 rings (SSSR count). The van der Waals surface area contributed by atoms with Crippen molar-refractivity contribution in [3.05, 3.63) is 70.4 Å². The van der Waals surface area contributed by atoms with E-state index >= 15 is 0 Å². The standard InChI is InChI=1S/C18H15ClN2OS/c1-2-13-5-3-4-6-16(13)21-17(22)15(20-18(21)23)11-12-7-9-14(19)10-8-12/h3-11H,2H2,1H3,(H,20,23)/b15-11+. The largest absolute Gasteiger partial charge is 0.327 e. The van der Waals surface area contributed by atoms with Gasteiger partial charge in [-0.25, -0.2) is 0 Å². The molecule has 0 aliphatic carbocycles. The number of carbonyl (C=O) groups is 1. The molecule has 0 unspecified atom stereocenters. The first kappa shape index (κ1) is 15.7. The van der Waals surface area contributed by atoms with Gasteiger partial charge in [-0.2, -0.15) is 0 Å². The summed E-state index contributed by atoms with van der Waals surface area (Å²) in [7, 11) is 0. The highest BCUT2D eigenvalue weighted by Gasteiger charge is 2.32. The second-order valence-corrected chi connectivity index (χ2v) is 5.99. The molecule has 23 heavy (non-hydrogen) atoms. The van der Waals surface area contributed by atoms with Crippen molar-refractivity contribution in [2.75, 3.05) is 4.90 Å². The highest BCUT2D eigenvalue weighted by Crippen LogP contribution is 2.26. The summed E-state index contributed by atoms with van der Waals surface area (Å²) in [5.41, 5.74) is 3.26. The van der Waals surface area contributed by atoms with Gasteiger partial charge in [0.15, 0.2) is 5.11 Å². The van der Waals surface area contributed by atoms with Crippen LogP contribution in [0.3, 0.4) is 0 Å². The minimum Gasteiger partial charge on any atom is -0.327 e. The molecule has 0 saturated carbocycles. The van der Waals surface area contributed by atoms with E-state index in [1.165, 1.54) is 0 Å². The minimum absolute atomic E-state index is 0.147.